The summed E-state index contributed by atoms with van der Waals surface area (Å²) in [5, 5.41) is 8.64. The number of nitriles is 1. The highest BCUT2D eigenvalue weighted by molar-refractivity contribution is 5.78. The first kappa shape index (κ1) is 10.7. The summed E-state index contributed by atoms with van der Waals surface area (Å²) < 4.78 is 10.1. The minimum Gasteiger partial charge on any atom is -0.464 e. The Morgan fingerprint density at radius 1 is 1.50 bits per heavy atom. The quantitative estimate of drug-likeness (QED) is 0.569. The summed E-state index contributed by atoms with van der Waals surface area (Å²) in [5.74, 6) is -0.322. The van der Waals surface area contributed by atoms with Crippen molar-refractivity contribution in [2.75, 3.05) is 6.61 Å². The van der Waals surface area contributed by atoms with Crippen LogP contribution in [0.3, 0.4) is 0 Å². The standard InChI is InChI=1S/C12H11NO3/c1-2-15-12(14)11-10(16-11)9-5-3-8(7-13)4-6-9/h3-6,10-11H,2H2,1H3/t10-,11+/m0/s1. The lowest BCUT2D eigenvalue weighted by molar-refractivity contribution is -0.144. The van der Waals surface area contributed by atoms with Crippen molar-refractivity contribution in [3.05, 3.63) is 35.4 Å². The molecule has 0 N–H and O–H groups in total. The van der Waals surface area contributed by atoms with Crippen LogP contribution in [0, 0.1) is 11.3 Å². The van der Waals surface area contributed by atoms with Crippen molar-refractivity contribution in [1.29, 1.82) is 5.26 Å². The van der Waals surface area contributed by atoms with Gasteiger partial charge in [-0.15, -0.1) is 0 Å². The molecule has 1 heterocycles. The van der Waals surface area contributed by atoms with Crippen molar-refractivity contribution in [3.8, 4) is 6.07 Å². The molecule has 1 fully saturated rings. The SMILES string of the molecule is CCOC(=O)[C@@H]1O[C@H]1c1ccc(C#N)cc1. The summed E-state index contributed by atoms with van der Waals surface area (Å²) in [6, 6.07) is 9.04. The van der Waals surface area contributed by atoms with Crippen LogP contribution in [0.5, 0.6) is 0 Å². The van der Waals surface area contributed by atoms with Gasteiger partial charge in [0.15, 0.2) is 6.10 Å². The van der Waals surface area contributed by atoms with Gasteiger partial charge in [-0.2, -0.15) is 5.26 Å². The number of benzene rings is 1. The smallest absolute Gasteiger partial charge is 0.338 e. The van der Waals surface area contributed by atoms with Crippen LogP contribution < -0.4 is 0 Å². The van der Waals surface area contributed by atoms with Crippen LogP contribution in [0.2, 0.25) is 0 Å². The molecule has 1 aliphatic rings. The molecular weight excluding hydrogens is 206 g/mol. The third-order valence-electron chi connectivity index (χ3n) is 2.38. The lowest BCUT2D eigenvalue weighted by Gasteiger charge is -1.97. The summed E-state index contributed by atoms with van der Waals surface area (Å²) in [6.45, 7) is 2.12. The maximum atomic E-state index is 11.3. The van der Waals surface area contributed by atoms with Gasteiger partial charge in [0.2, 0.25) is 0 Å². The Balaban J connectivity index is 2.01. The summed E-state index contributed by atoms with van der Waals surface area (Å²) in [5.41, 5.74) is 1.49. The van der Waals surface area contributed by atoms with E-state index in [1.54, 1.807) is 31.2 Å². The minimum absolute atomic E-state index is 0.216. The fraction of sp³-hybridized carbons (Fsp3) is 0.333. The van der Waals surface area contributed by atoms with Crippen molar-refractivity contribution in [1.82, 2.24) is 0 Å². The van der Waals surface area contributed by atoms with E-state index in [4.69, 9.17) is 14.7 Å². The van der Waals surface area contributed by atoms with Gasteiger partial charge in [0.1, 0.15) is 6.10 Å². The molecule has 1 aromatic rings. The van der Waals surface area contributed by atoms with Gasteiger partial charge < -0.3 is 9.47 Å². The normalized spacial score (nSPS) is 22.2. The molecule has 82 valence electrons. The molecule has 0 unspecified atom stereocenters. The average molecular weight is 217 g/mol. The van der Waals surface area contributed by atoms with Gasteiger partial charge in [0.05, 0.1) is 18.2 Å². The Hall–Kier alpha value is -1.86. The largest absolute Gasteiger partial charge is 0.464 e. The van der Waals surface area contributed by atoms with Gasteiger partial charge in [-0.25, -0.2) is 4.79 Å². The molecule has 2 rings (SSSR count). The zero-order valence-corrected chi connectivity index (χ0v) is 8.84. The summed E-state index contributed by atoms with van der Waals surface area (Å²) in [6.07, 6.45) is -0.695. The van der Waals surface area contributed by atoms with E-state index in [1.165, 1.54) is 0 Å². The number of hydrogen-bond donors (Lipinski definition) is 0. The Kier molecular flexibility index (Phi) is 2.88. The first-order chi connectivity index (χ1) is 7.76. The first-order valence-electron chi connectivity index (χ1n) is 5.08. The van der Waals surface area contributed by atoms with Crippen LogP contribution in [0.1, 0.15) is 24.2 Å². The number of rotatable bonds is 3. The van der Waals surface area contributed by atoms with E-state index in [1.807, 2.05) is 6.07 Å². The molecule has 0 amide bonds. The Labute approximate surface area is 93.4 Å². The Bertz CT molecular complexity index is 433. The minimum atomic E-state index is -0.479. The highest BCUT2D eigenvalue weighted by Gasteiger charge is 2.47. The van der Waals surface area contributed by atoms with Crippen molar-refractivity contribution in [2.24, 2.45) is 0 Å². The number of ether oxygens (including phenoxy) is 2. The van der Waals surface area contributed by atoms with Gasteiger partial charge >= 0.3 is 5.97 Å². The topological polar surface area (TPSA) is 62.6 Å². The highest BCUT2D eigenvalue weighted by atomic mass is 16.6. The molecule has 0 spiro atoms. The van der Waals surface area contributed by atoms with Crippen LogP contribution >= 0.6 is 0 Å². The van der Waals surface area contributed by atoms with Gasteiger partial charge in [-0.05, 0) is 24.6 Å². The second-order valence-corrected chi connectivity index (χ2v) is 3.46. The number of carbonyl (C=O) groups is 1. The molecule has 1 aromatic carbocycles. The van der Waals surface area contributed by atoms with Gasteiger partial charge in [0.25, 0.3) is 0 Å². The molecule has 0 aromatic heterocycles. The number of epoxide rings is 1. The lowest BCUT2D eigenvalue weighted by atomic mass is 10.1. The van der Waals surface area contributed by atoms with E-state index in [0.717, 1.165) is 5.56 Å². The second-order valence-electron chi connectivity index (χ2n) is 3.46. The van der Waals surface area contributed by atoms with Crippen molar-refractivity contribution in [2.45, 2.75) is 19.1 Å². The molecule has 0 aliphatic carbocycles. The molecule has 4 nitrogen and oxygen atoms in total. The predicted molar refractivity (Wildman–Crippen MR) is 55.4 cm³/mol. The lowest BCUT2D eigenvalue weighted by Crippen LogP contribution is -2.11. The molecule has 4 heteroatoms. The molecule has 1 saturated heterocycles. The van der Waals surface area contributed by atoms with Crippen LogP contribution in [-0.4, -0.2) is 18.7 Å². The second kappa shape index (κ2) is 4.33. The third-order valence-corrected chi connectivity index (χ3v) is 2.38. The fourth-order valence-electron chi connectivity index (χ4n) is 1.52. The third kappa shape index (κ3) is 2.05. The van der Waals surface area contributed by atoms with Crippen LogP contribution in [0.4, 0.5) is 0 Å². The zero-order valence-electron chi connectivity index (χ0n) is 8.84. The Morgan fingerprint density at radius 3 is 2.75 bits per heavy atom. The number of nitrogens with zero attached hydrogens (tertiary/aromatic N) is 1. The van der Waals surface area contributed by atoms with E-state index in [0.29, 0.717) is 12.2 Å². The van der Waals surface area contributed by atoms with Gasteiger partial charge in [-0.3, -0.25) is 0 Å². The maximum absolute atomic E-state index is 11.3. The highest BCUT2D eigenvalue weighted by Crippen LogP contribution is 2.39. The molecular formula is C12H11NO3. The zero-order chi connectivity index (χ0) is 11.5. The van der Waals surface area contributed by atoms with Crippen molar-refractivity contribution in [3.63, 3.8) is 0 Å². The Morgan fingerprint density at radius 2 is 2.19 bits per heavy atom. The number of esters is 1. The summed E-state index contributed by atoms with van der Waals surface area (Å²) in [7, 11) is 0. The van der Waals surface area contributed by atoms with Gasteiger partial charge in [0, 0.05) is 0 Å². The molecule has 0 saturated carbocycles. The average Bonchev–Trinajstić information content (AvgIpc) is 3.09. The van der Waals surface area contributed by atoms with E-state index < -0.39 is 6.10 Å². The number of carbonyl (C=O) groups excluding carboxylic acids is 1. The van der Waals surface area contributed by atoms with Crippen LogP contribution in [0.15, 0.2) is 24.3 Å². The number of hydrogen-bond acceptors (Lipinski definition) is 4. The maximum Gasteiger partial charge on any atom is 0.338 e. The van der Waals surface area contributed by atoms with Crippen LogP contribution in [0.25, 0.3) is 0 Å². The summed E-state index contributed by atoms with van der Waals surface area (Å²) in [4.78, 5) is 11.3. The van der Waals surface area contributed by atoms with E-state index in [-0.39, 0.29) is 12.1 Å². The van der Waals surface area contributed by atoms with E-state index >= 15 is 0 Å². The monoisotopic (exact) mass is 217 g/mol. The van der Waals surface area contributed by atoms with E-state index in [2.05, 4.69) is 0 Å². The summed E-state index contributed by atoms with van der Waals surface area (Å²) >= 11 is 0. The van der Waals surface area contributed by atoms with Crippen molar-refractivity contribution >= 4 is 5.97 Å². The van der Waals surface area contributed by atoms with Crippen LogP contribution in [-0.2, 0) is 14.3 Å². The molecule has 2 atom stereocenters. The predicted octanol–water partition coefficient (Wildman–Crippen LogP) is 1.56. The van der Waals surface area contributed by atoms with Gasteiger partial charge in [-0.1, -0.05) is 12.1 Å². The molecule has 16 heavy (non-hydrogen) atoms. The molecule has 1 aliphatic heterocycles. The van der Waals surface area contributed by atoms with E-state index in [9.17, 15) is 4.79 Å². The fourth-order valence-corrected chi connectivity index (χ4v) is 1.52. The molecule has 0 radical (unpaired) electrons. The molecule has 0 bridgehead atoms. The first-order valence-corrected chi connectivity index (χ1v) is 5.08. The van der Waals surface area contributed by atoms with Crippen molar-refractivity contribution < 1.29 is 14.3 Å².